The van der Waals surface area contributed by atoms with Crippen molar-refractivity contribution in [3.05, 3.63) is 40.9 Å². The molecule has 26 heavy (non-hydrogen) atoms. The second-order valence-corrected chi connectivity index (χ2v) is 9.08. The second-order valence-electron chi connectivity index (χ2n) is 5.97. The number of rotatable bonds is 8. The van der Waals surface area contributed by atoms with E-state index in [2.05, 4.69) is 10.3 Å². The van der Waals surface area contributed by atoms with Crippen LogP contribution in [0.15, 0.2) is 30.3 Å². The van der Waals surface area contributed by atoms with Crippen LogP contribution >= 0.6 is 11.3 Å². The number of carbonyl (C=O) groups excluding carboxylic acids is 1. The number of ether oxygens (including phenoxy) is 1. The fourth-order valence-corrected chi connectivity index (χ4v) is 3.82. The molecule has 2 rings (SSSR count). The van der Waals surface area contributed by atoms with Crippen molar-refractivity contribution in [1.82, 2.24) is 9.29 Å². The molecular formula is C17H23N3O4S2. The molecule has 2 aromatic rings. The van der Waals surface area contributed by atoms with E-state index in [9.17, 15) is 13.2 Å². The zero-order valence-electron chi connectivity index (χ0n) is 15.2. The minimum atomic E-state index is -3.73. The van der Waals surface area contributed by atoms with Crippen LogP contribution in [0, 0.1) is 6.92 Å². The second kappa shape index (κ2) is 8.61. The van der Waals surface area contributed by atoms with Crippen LogP contribution in [0.4, 0.5) is 10.8 Å². The van der Waals surface area contributed by atoms with Crippen molar-refractivity contribution in [1.29, 1.82) is 0 Å². The van der Waals surface area contributed by atoms with Crippen LogP contribution in [-0.4, -0.2) is 49.1 Å². The number of thiazole rings is 1. The Bertz CT molecular complexity index is 848. The fourth-order valence-electron chi connectivity index (χ4n) is 2.20. The number of carbonyl (C=O) groups is 1. The highest BCUT2D eigenvalue weighted by Gasteiger charge is 2.28. The molecule has 0 atom stereocenters. The molecule has 1 aromatic heterocycles. The Morgan fingerprint density at radius 3 is 2.54 bits per heavy atom. The number of nitrogens with one attached hydrogen (secondary N) is 1. The normalized spacial score (nSPS) is 11.6. The summed E-state index contributed by atoms with van der Waals surface area (Å²) in [6, 6.07) is 9.43. The Labute approximate surface area is 158 Å². The number of aromatic nitrogens is 1. The summed E-state index contributed by atoms with van der Waals surface area (Å²) in [4.78, 5) is 17.7. The van der Waals surface area contributed by atoms with Crippen molar-refractivity contribution in [3.8, 4) is 0 Å². The summed E-state index contributed by atoms with van der Waals surface area (Å²) in [5.41, 5.74) is 0.967. The summed E-state index contributed by atoms with van der Waals surface area (Å²) in [6.07, 6.45) is 0.958. The molecule has 9 heteroatoms. The van der Waals surface area contributed by atoms with Crippen molar-refractivity contribution >= 4 is 38.1 Å². The maximum Gasteiger partial charge on any atom is 0.287 e. The first-order valence-corrected chi connectivity index (χ1v) is 10.8. The van der Waals surface area contributed by atoms with Crippen LogP contribution in [0.25, 0.3) is 0 Å². The summed E-state index contributed by atoms with van der Waals surface area (Å²) in [6.45, 7) is 5.52. The van der Waals surface area contributed by atoms with E-state index in [0.29, 0.717) is 10.0 Å². The molecule has 7 nitrogen and oxygen atoms in total. The summed E-state index contributed by atoms with van der Waals surface area (Å²) in [5.74, 6) is -0.644. The predicted molar refractivity (Wildman–Crippen MR) is 104 cm³/mol. The molecule has 0 saturated carbocycles. The highest BCUT2D eigenvalue weighted by molar-refractivity contribution is 7.88. The molecule has 0 aliphatic carbocycles. The van der Waals surface area contributed by atoms with Gasteiger partial charge in [-0.1, -0.05) is 18.2 Å². The number of para-hydroxylation sites is 1. The smallest absolute Gasteiger partial charge is 0.287 e. The Hall–Kier alpha value is -1.97. The van der Waals surface area contributed by atoms with Gasteiger partial charge in [-0.25, -0.2) is 17.7 Å². The molecule has 1 heterocycles. The number of hydrogen-bond donors (Lipinski definition) is 1. The van der Waals surface area contributed by atoms with Crippen LogP contribution in [0.2, 0.25) is 0 Å². The van der Waals surface area contributed by atoms with Gasteiger partial charge in [0.1, 0.15) is 5.69 Å². The van der Waals surface area contributed by atoms with E-state index in [1.165, 1.54) is 11.3 Å². The zero-order chi connectivity index (χ0) is 19.3. The van der Waals surface area contributed by atoms with Gasteiger partial charge in [-0.05, 0) is 32.9 Å². The van der Waals surface area contributed by atoms with Gasteiger partial charge in [-0.3, -0.25) is 4.79 Å². The molecule has 0 radical (unpaired) electrons. The van der Waals surface area contributed by atoms with E-state index in [-0.39, 0.29) is 24.9 Å². The summed E-state index contributed by atoms with van der Waals surface area (Å²) >= 11 is 1.30. The standard InChI is InChI=1S/C17H23N3O4S2/c1-12(2)24-11-10-20(26(4,22)23)16(21)15-13(3)25-17(19-15)18-14-8-6-5-7-9-14/h5-9,12H,10-11H2,1-4H3,(H,18,19). The average Bonchev–Trinajstić information content (AvgIpc) is 2.91. The Morgan fingerprint density at radius 1 is 1.31 bits per heavy atom. The van der Waals surface area contributed by atoms with E-state index in [0.717, 1.165) is 16.2 Å². The molecule has 0 aliphatic rings. The van der Waals surface area contributed by atoms with Gasteiger partial charge < -0.3 is 10.1 Å². The zero-order valence-corrected chi connectivity index (χ0v) is 16.9. The fraction of sp³-hybridized carbons (Fsp3) is 0.412. The molecule has 142 valence electrons. The lowest BCUT2D eigenvalue weighted by Gasteiger charge is -2.20. The highest BCUT2D eigenvalue weighted by atomic mass is 32.2. The van der Waals surface area contributed by atoms with Gasteiger partial charge >= 0.3 is 0 Å². The Morgan fingerprint density at radius 2 is 1.96 bits per heavy atom. The molecule has 1 N–H and O–H groups in total. The highest BCUT2D eigenvalue weighted by Crippen LogP contribution is 2.26. The summed E-state index contributed by atoms with van der Waals surface area (Å²) in [7, 11) is -3.73. The van der Waals surface area contributed by atoms with E-state index in [4.69, 9.17) is 4.74 Å². The van der Waals surface area contributed by atoms with Gasteiger partial charge in [0, 0.05) is 10.6 Å². The Kier molecular flexibility index (Phi) is 6.74. The quantitative estimate of drug-likeness (QED) is 0.737. The lowest BCUT2D eigenvalue weighted by molar-refractivity contribution is 0.0617. The van der Waals surface area contributed by atoms with Crippen molar-refractivity contribution in [2.45, 2.75) is 26.9 Å². The molecule has 0 unspecified atom stereocenters. The minimum absolute atomic E-state index is 0.0470. The van der Waals surface area contributed by atoms with Crippen LogP contribution in [0.1, 0.15) is 29.2 Å². The third-order valence-electron chi connectivity index (χ3n) is 3.40. The van der Waals surface area contributed by atoms with Gasteiger partial charge in [0.2, 0.25) is 10.0 Å². The third kappa shape index (κ3) is 5.52. The number of aryl methyl sites for hydroxylation is 1. The maximum atomic E-state index is 12.8. The first-order valence-electron chi connectivity index (χ1n) is 8.11. The van der Waals surface area contributed by atoms with Crippen LogP contribution in [-0.2, 0) is 14.8 Å². The van der Waals surface area contributed by atoms with Crippen molar-refractivity contribution in [2.24, 2.45) is 0 Å². The van der Waals surface area contributed by atoms with Gasteiger partial charge in [0.05, 0.1) is 25.5 Å². The van der Waals surface area contributed by atoms with E-state index in [1.807, 2.05) is 44.2 Å². The molecule has 1 aromatic carbocycles. The first-order chi connectivity index (χ1) is 12.2. The lowest BCUT2D eigenvalue weighted by Crippen LogP contribution is -2.39. The minimum Gasteiger partial charge on any atom is -0.377 e. The molecule has 0 saturated heterocycles. The maximum absolute atomic E-state index is 12.8. The number of nitrogens with zero attached hydrogens (tertiary/aromatic N) is 2. The molecule has 0 fully saturated rings. The van der Waals surface area contributed by atoms with Gasteiger partial charge in [0.25, 0.3) is 5.91 Å². The number of sulfonamides is 1. The predicted octanol–water partition coefficient (Wildman–Crippen LogP) is 3.02. The molecule has 0 aliphatic heterocycles. The monoisotopic (exact) mass is 397 g/mol. The van der Waals surface area contributed by atoms with Gasteiger partial charge in [-0.2, -0.15) is 0 Å². The van der Waals surface area contributed by atoms with Crippen LogP contribution in [0.3, 0.4) is 0 Å². The van der Waals surface area contributed by atoms with Gasteiger partial charge in [-0.15, -0.1) is 11.3 Å². The summed E-state index contributed by atoms with van der Waals surface area (Å²) < 4.78 is 30.3. The van der Waals surface area contributed by atoms with Crippen molar-refractivity contribution in [3.63, 3.8) is 0 Å². The number of benzene rings is 1. The third-order valence-corrected chi connectivity index (χ3v) is 5.43. The first kappa shape index (κ1) is 20.3. The summed E-state index contributed by atoms with van der Waals surface area (Å²) in [5, 5.41) is 3.65. The number of amides is 1. The SMILES string of the molecule is Cc1sc(Nc2ccccc2)nc1C(=O)N(CCOC(C)C)S(C)(=O)=O. The van der Waals surface area contributed by atoms with Crippen molar-refractivity contribution < 1.29 is 17.9 Å². The van der Waals surface area contributed by atoms with Crippen LogP contribution in [0.5, 0.6) is 0 Å². The largest absolute Gasteiger partial charge is 0.377 e. The van der Waals surface area contributed by atoms with Gasteiger partial charge in [0.15, 0.2) is 5.13 Å². The molecule has 0 bridgehead atoms. The number of hydrogen-bond acceptors (Lipinski definition) is 7. The Balaban J connectivity index is 2.20. The van der Waals surface area contributed by atoms with E-state index >= 15 is 0 Å². The van der Waals surface area contributed by atoms with Crippen molar-refractivity contribution in [2.75, 3.05) is 24.7 Å². The molecular weight excluding hydrogens is 374 g/mol. The lowest BCUT2D eigenvalue weighted by atomic mass is 10.3. The molecule has 1 amide bonds. The average molecular weight is 398 g/mol. The molecule has 0 spiro atoms. The number of anilines is 2. The van der Waals surface area contributed by atoms with Crippen LogP contribution < -0.4 is 5.32 Å². The topological polar surface area (TPSA) is 88.6 Å². The van der Waals surface area contributed by atoms with E-state index in [1.54, 1.807) is 6.92 Å². The van der Waals surface area contributed by atoms with E-state index < -0.39 is 15.9 Å².